The Morgan fingerprint density at radius 2 is 1.82 bits per heavy atom. The molecule has 1 amide bonds. The molecule has 2 aromatic rings. The molecule has 5 rings (SSSR count). The monoisotopic (exact) mass is 468 g/mol. The zero-order valence-corrected chi connectivity index (χ0v) is 19.9. The van der Waals surface area contributed by atoms with E-state index in [0.717, 1.165) is 69.5 Å². The molecule has 3 heterocycles. The SMILES string of the molecule is O=C(NC1CCC(CCN2CCN(c3nccc4c3CCO4)CC2)CC1)c1ccc(Cl)cc1. The fourth-order valence-electron chi connectivity index (χ4n) is 5.38. The standard InChI is InChI=1S/C26H33ClN4O2/c27-21-5-3-20(4-6-21)26(32)29-22-7-1-19(2-8-22)10-13-30-14-16-31(17-15-30)25-23-11-18-33-24(23)9-12-28-25/h3-6,9,12,19,22H,1-2,7-8,10-11,13-18H2,(H,29,32). The molecule has 1 aromatic carbocycles. The van der Waals surface area contributed by atoms with Gasteiger partial charge in [-0.25, -0.2) is 4.98 Å². The van der Waals surface area contributed by atoms with Crippen LogP contribution in [0.5, 0.6) is 5.75 Å². The van der Waals surface area contributed by atoms with Gasteiger partial charge in [0.2, 0.25) is 0 Å². The Balaban J connectivity index is 1.02. The zero-order chi connectivity index (χ0) is 22.6. The van der Waals surface area contributed by atoms with E-state index in [1.807, 2.05) is 12.3 Å². The number of halogens is 1. The van der Waals surface area contributed by atoms with E-state index in [9.17, 15) is 4.79 Å². The highest BCUT2D eigenvalue weighted by atomic mass is 35.5. The van der Waals surface area contributed by atoms with Crippen molar-refractivity contribution in [1.82, 2.24) is 15.2 Å². The van der Waals surface area contributed by atoms with Crippen LogP contribution < -0.4 is 15.0 Å². The fourth-order valence-corrected chi connectivity index (χ4v) is 5.51. The summed E-state index contributed by atoms with van der Waals surface area (Å²) in [6.07, 6.45) is 8.65. The molecule has 1 aromatic heterocycles. The van der Waals surface area contributed by atoms with Crippen molar-refractivity contribution in [3.05, 3.63) is 52.7 Å². The molecule has 0 spiro atoms. The number of carbonyl (C=O) groups is 1. The van der Waals surface area contributed by atoms with E-state index >= 15 is 0 Å². The van der Waals surface area contributed by atoms with Gasteiger partial charge in [-0.2, -0.15) is 0 Å². The first-order valence-corrected chi connectivity index (χ1v) is 12.7. The van der Waals surface area contributed by atoms with E-state index in [4.69, 9.17) is 16.3 Å². The molecule has 0 unspecified atom stereocenters. The van der Waals surface area contributed by atoms with Gasteiger partial charge >= 0.3 is 0 Å². The number of aromatic nitrogens is 1. The lowest BCUT2D eigenvalue weighted by atomic mass is 9.84. The highest BCUT2D eigenvalue weighted by Crippen LogP contribution is 2.32. The number of amides is 1. The van der Waals surface area contributed by atoms with Gasteiger partial charge in [0.05, 0.1) is 6.61 Å². The summed E-state index contributed by atoms with van der Waals surface area (Å²) in [7, 11) is 0. The van der Waals surface area contributed by atoms with E-state index in [-0.39, 0.29) is 11.9 Å². The molecule has 1 saturated heterocycles. The minimum Gasteiger partial charge on any atom is -0.493 e. The third-order valence-corrected chi connectivity index (χ3v) is 7.67. The maximum Gasteiger partial charge on any atom is 0.251 e. The van der Waals surface area contributed by atoms with E-state index in [0.29, 0.717) is 10.6 Å². The predicted octanol–water partition coefficient (Wildman–Crippen LogP) is 4.17. The van der Waals surface area contributed by atoms with Crippen molar-refractivity contribution in [3.8, 4) is 5.75 Å². The summed E-state index contributed by atoms with van der Waals surface area (Å²) in [5, 5.41) is 3.86. The minimum atomic E-state index is 0.0121. The second kappa shape index (κ2) is 10.3. The summed E-state index contributed by atoms with van der Waals surface area (Å²) in [4.78, 5) is 22.1. The Bertz CT molecular complexity index is 951. The third-order valence-electron chi connectivity index (χ3n) is 7.41. The Labute approximate surface area is 201 Å². The molecule has 0 atom stereocenters. The first-order valence-electron chi connectivity index (χ1n) is 12.3. The molecule has 1 aliphatic carbocycles. The van der Waals surface area contributed by atoms with Crippen LogP contribution in [0.3, 0.4) is 0 Å². The lowest BCUT2D eigenvalue weighted by Crippen LogP contribution is -2.47. The smallest absolute Gasteiger partial charge is 0.251 e. The van der Waals surface area contributed by atoms with Gasteiger partial charge in [-0.3, -0.25) is 9.69 Å². The van der Waals surface area contributed by atoms with Gasteiger partial charge in [0.15, 0.2) is 0 Å². The number of nitrogens with zero attached hydrogens (tertiary/aromatic N) is 3. The van der Waals surface area contributed by atoms with E-state index in [2.05, 4.69) is 20.1 Å². The summed E-state index contributed by atoms with van der Waals surface area (Å²) in [5.41, 5.74) is 1.97. The summed E-state index contributed by atoms with van der Waals surface area (Å²) in [6, 6.07) is 9.39. The van der Waals surface area contributed by atoms with E-state index in [1.54, 1.807) is 24.3 Å². The van der Waals surface area contributed by atoms with Gasteiger partial charge < -0.3 is 15.0 Å². The average Bonchev–Trinajstić information content (AvgIpc) is 3.34. The maximum absolute atomic E-state index is 12.5. The number of ether oxygens (including phenoxy) is 1. The van der Waals surface area contributed by atoms with Gasteiger partial charge in [0.25, 0.3) is 5.91 Å². The van der Waals surface area contributed by atoms with Crippen LogP contribution in [0.2, 0.25) is 5.02 Å². The molecule has 3 aliphatic rings. The van der Waals surface area contributed by atoms with Crippen molar-refractivity contribution in [3.63, 3.8) is 0 Å². The number of rotatable bonds is 6. The minimum absolute atomic E-state index is 0.0121. The van der Waals surface area contributed by atoms with Crippen molar-refractivity contribution in [2.24, 2.45) is 5.92 Å². The zero-order valence-electron chi connectivity index (χ0n) is 19.1. The lowest BCUT2D eigenvalue weighted by molar-refractivity contribution is 0.0919. The van der Waals surface area contributed by atoms with Gasteiger partial charge in [0.1, 0.15) is 11.6 Å². The molecule has 0 radical (unpaired) electrons. The van der Waals surface area contributed by atoms with Gasteiger partial charge in [-0.05, 0) is 74.9 Å². The fraction of sp³-hybridized carbons (Fsp3) is 0.538. The van der Waals surface area contributed by atoms with Gasteiger partial charge in [-0.15, -0.1) is 0 Å². The maximum atomic E-state index is 12.5. The van der Waals surface area contributed by atoms with E-state index in [1.165, 1.54) is 31.4 Å². The summed E-state index contributed by atoms with van der Waals surface area (Å²) in [5.74, 6) is 2.92. The van der Waals surface area contributed by atoms with Crippen molar-refractivity contribution >= 4 is 23.3 Å². The van der Waals surface area contributed by atoms with Crippen molar-refractivity contribution in [2.75, 3.05) is 44.2 Å². The molecule has 6 nitrogen and oxygen atoms in total. The largest absolute Gasteiger partial charge is 0.493 e. The van der Waals surface area contributed by atoms with Crippen molar-refractivity contribution < 1.29 is 9.53 Å². The topological polar surface area (TPSA) is 57.7 Å². The second-order valence-electron chi connectivity index (χ2n) is 9.53. The molecule has 1 saturated carbocycles. The summed E-state index contributed by atoms with van der Waals surface area (Å²) >= 11 is 5.92. The quantitative estimate of drug-likeness (QED) is 0.689. The van der Waals surface area contributed by atoms with Gasteiger partial charge in [0, 0.05) is 61.0 Å². The second-order valence-corrected chi connectivity index (χ2v) is 9.96. The molecule has 7 heteroatoms. The number of fused-ring (bicyclic) bond motifs is 1. The Morgan fingerprint density at radius 3 is 2.58 bits per heavy atom. The summed E-state index contributed by atoms with van der Waals surface area (Å²) < 4.78 is 5.71. The molecule has 176 valence electrons. The molecular weight excluding hydrogens is 436 g/mol. The number of carbonyl (C=O) groups excluding carboxylic acids is 1. The Hall–Kier alpha value is -2.31. The van der Waals surface area contributed by atoms with Crippen LogP contribution in [0, 0.1) is 5.92 Å². The number of anilines is 1. The first kappa shape index (κ1) is 22.5. The highest BCUT2D eigenvalue weighted by molar-refractivity contribution is 6.30. The number of nitrogens with one attached hydrogen (secondary N) is 1. The van der Waals surface area contributed by atoms with Crippen molar-refractivity contribution in [2.45, 2.75) is 44.6 Å². The van der Waals surface area contributed by atoms with Crippen LogP contribution in [0.15, 0.2) is 36.5 Å². The predicted molar refractivity (Wildman–Crippen MR) is 131 cm³/mol. The normalized spacial score (nSPS) is 23.1. The molecule has 1 N–H and O–H groups in total. The molecular formula is C26H33ClN4O2. The number of benzene rings is 1. The lowest BCUT2D eigenvalue weighted by Gasteiger charge is -2.37. The van der Waals surface area contributed by atoms with Crippen LogP contribution in [0.1, 0.15) is 48.0 Å². The molecule has 2 aliphatic heterocycles. The first-order chi connectivity index (χ1) is 16.2. The number of piperazine rings is 1. The van der Waals surface area contributed by atoms with Crippen LogP contribution >= 0.6 is 11.6 Å². The van der Waals surface area contributed by atoms with Gasteiger partial charge in [-0.1, -0.05) is 11.6 Å². The number of hydrogen-bond donors (Lipinski definition) is 1. The molecule has 0 bridgehead atoms. The number of hydrogen-bond acceptors (Lipinski definition) is 5. The Morgan fingerprint density at radius 1 is 1.06 bits per heavy atom. The molecule has 2 fully saturated rings. The van der Waals surface area contributed by atoms with Crippen LogP contribution in [-0.4, -0.2) is 61.2 Å². The van der Waals surface area contributed by atoms with E-state index < -0.39 is 0 Å². The van der Waals surface area contributed by atoms with Crippen LogP contribution in [0.4, 0.5) is 5.82 Å². The Kier molecular flexibility index (Phi) is 7.02. The van der Waals surface area contributed by atoms with Crippen LogP contribution in [0.25, 0.3) is 0 Å². The average molecular weight is 469 g/mol. The highest BCUT2D eigenvalue weighted by Gasteiger charge is 2.26. The molecule has 33 heavy (non-hydrogen) atoms. The van der Waals surface area contributed by atoms with Crippen LogP contribution in [-0.2, 0) is 6.42 Å². The summed E-state index contributed by atoms with van der Waals surface area (Å²) in [6.45, 7) is 6.21. The van der Waals surface area contributed by atoms with Crippen molar-refractivity contribution in [1.29, 1.82) is 0 Å². The number of pyridine rings is 1. The third kappa shape index (κ3) is 5.44.